The topological polar surface area (TPSA) is 53.3 Å². The van der Waals surface area contributed by atoms with Crippen LogP contribution < -0.4 is 0 Å². The maximum absolute atomic E-state index is 12.7. The molecule has 0 aliphatic heterocycles. The van der Waals surface area contributed by atoms with E-state index in [1.54, 1.807) is 27.0 Å². The molecule has 0 spiro atoms. The summed E-state index contributed by atoms with van der Waals surface area (Å²) in [4.78, 5) is 12.6. The Morgan fingerprint density at radius 1 is 1.39 bits per heavy atom. The van der Waals surface area contributed by atoms with Crippen molar-refractivity contribution in [1.82, 2.24) is 4.90 Å². The van der Waals surface area contributed by atoms with Crippen molar-refractivity contribution in [2.24, 2.45) is 0 Å². The lowest BCUT2D eigenvalue weighted by Gasteiger charge is -2.22. The van der Waals surface area contributed by atoms with Crippen LogP contribution in [-0.2, 0) is 11.3 Å². The highest BCUT2D eigenvalue weighted by Crippen LogP contribution is 2.12. The molecule has 0 aliphatic carbocycles. The van der Waals surface area contributed by atoms with Crippen molar-refractivity contribution in [2.75, 3.05) is 0 Å². The van der Waals surface area contributed by atoms with Crippen molar-refractivity contribution in [3.63, 3.8) is 0 Å². The van der Waals surface area contributed by atoms with Gasteiger partial charge in [-0.3, -0.25) is 0 Å². The molecule has 0 aromatic heterocycles. The van der Waals surface area contributed by atoms with Crippen LogP contribution >= 0.6 is 0 Å². The third-order valence-corrected chi connectivity index (χ3v) is 1.99. The summed E-state index contributed by atoms with van der Waals surface area (Å²) in [5.74, 6) is -0.362. The number of hydrogen-bond acceptors (Lipinski definition) is 3. The van der Waals surface area contributed by atoms with Gasteiger partial charge in [0, 0.05) is 0 Å². The van der Waals surface area contributed by atoms with Gasteiger partial charge in [-0.25, -0.2) is 14.1 Å². The fourth-order valence-corrected chi connectivity index (χ4v) is 1.23. The van der Waals surface area contributed by atoms with Gasteiger partial charge in [-0.15, -0.1) is 0 Å². The number of benzene rings is 1. The van der Waals surface area contributed by atoms with Gasteiger partial charge in [0.05, 0.1) is 6.54 Å². The second-order valence-corrected chi connectivity index (χ2v) is 4.79. The summed E-state index contributed by atoms with van der Waals surface area (Å²) >= 11 is 0. The number of nitrogens with zero attached hydrogens (tertiary/aromatic N) is 2. The average Bonchev–Trinajstić information content (AvgIpc) is 2.25. The second-order valence-electron chi connectivity index (χ2n) is 4.79. The number of nitriles is 1. The molecule has 0 radical (unpaired) electrons. The van der Waals surface area contributed by atoms with Crippen molar-refractivity contribution in [3.8, 4) is 6.19 Å². The Morgan fingerprint density at radius 3 is 2.39 bits per heavy atom. The molecule has 0 heterocycles. The van der Waals surface area contributed by atoms with Crippen LogP contribution in [0.4, 0.5) is 9.18 Å². The van der Waals surface area contributed by atoms with Crippen LogP contribution in [0.3, 0.4) is 0 Å². The third-order valence-electron chi connectivity index (χ3n) is 1.99. The van der Waals surface area contributed by atoms with E-state index in [1.165, 1.54) is 24.3 Å². The van der Waals surface area contributed by atoms with Crippen molar-refractivity contribution < 1.29 is 13.9 Å². The summed E-state index contributed by atoms with van der Waals surface area (Å²) in [6, 6.07) is 5.59. The standard InChI is InChI=1S/C13H15FN2O2/c1-13(2,3)18-12(17)16(9-15)8-10-4-6-11(14)7-5-10/h4-7H,8H2,1-3H3. The molecular weight excluding hydrogens is 235 g/mol. The number of ether oxygens (including phenoxy) is 1. The fourth-order valence-electron chi connectivity index (χ4n) is 1.23. The van der Waals surface area contributed by atoms with Gasteiger partial charge < -0.3 is 4.74 Å². The monoisotopic (exact) mass is 250 g/mol. The summed E-state index contributed by atoms with van der Waals surface area (Å²) in [5.41, 5.74) is -0.00145. The highest BCUT2D eigenvalue weighted by Gasteiger charge is 2.22. The first kappa shape index (κ1) is 14.0. The molecule has 1 aromatic rings. The van der Waals surface area contributed by atoms with E-state index < -0.39 is 11.7 Å². The maximum Gasteiger partial charge on any atom is 0.423 e. The predicted molar refractivity (Wildman–Crippen MR) is 63.8 cm³/mol. The Bertz CT molecular complexity index is 457. The van der Waals surface area contributed by atoms with E-state index in [1.807, 2.05) is 0 Å². The smallest absolute Gasteiger partial charge is 0.423 e. The predicted octanol–water partition coefficient (Wildman–Crippen LogP) is 3.04. The third kappa shape index (κ3) is 4.42. The van der Waals surface area contributed by atoms with Crippen molar-refractivity contribution in [1.29, 1.82) is 5.26 Å². The van der Waals surface area contributed by atoms with Gasteiger partial charge >= 0.3 is 6.09 Å². The van der Waals surface area contributed by atoms with E-state index >= 15 is 0 Å². The highest BCUT2D eigenvalue weighted by molar-refractivity contribution is 5.69. The maximum atomic E-state index is 12.7. The van der Waals surface area contributed by atoms with Crippen molar-refractivity contribution >= 4 is 6.09 Å². The zero-order valence-electron chi connectivity index (χ0n) is 10.6. The second kappa shape index (κ2) is 5.50. The Morgan fingerprint density at radius 2 is 1.94 bits per heavy atom. The van der Waals surface area contributed by atoms with Crippen LogP contribution in [0.5, 0.6) is 0 Å². The first-order chi connectivity index (χ1) is 8.31. The van der Waals surface area contributed by atoms with Gasteiger partial charge in [-0.05, 0) is 38.5 Å². The number of hydrogen-bond donors (Lipinski definition) is 0. The molecule has 0 aliphatic rings. The van der Waals surface area contributed by atoms with E-state index in [4.69, 9.17) is 10.00 Å². The molecule has 96 valence electrons. The molecule has 4 nitrogen and oxygen atoms in total. The largest absolute Gasteiger partial charge is 0.443 e. The van der Waals surface area contributed by atoms with E-state index in [2.05, 4.69) is 0 Å². The van der Waals surface area contributed by atoms with Gasteiger partial charge in [0.15, 0.2) is 6.19 Å². The Hall–Kier alpha value is -2.09. The number of halogens is 1. The molecule has 0 atom stereocenters. The van der Waals surface area contributed by atoms with Crippen LogP contribution in [-0.4, -0.2) is 16.6 Å². The molecule has 18 heavy (non-hydrogen) atoms. The molecule has 1 amide bonds. The van der Waals surface area contributed by atoms with Crippen LogP contribution in [0.1, 0.15) is 26.3 Å². The average molecular weight is 250 g/mol. The normalized spacial score (nSPS) is 10.6. The molecule has 0 saturated carbocycles. The van der Waals surface area contributed by atoms with Crippen LogP contribution in [0.15, 0.2) is 24.3 Å². The Balaban J connectivity index is 2.71. The minimum Gasteiger partial charge on any atom is -0.443 e. The lowest BCUT2D eigenvalue weighted by atomic mass is 10.2. The first-order valence-corrected chi connectivity index (χ1v) is 5.46. The zero-order valence-corrected chi connectivity index (χ0v) is 10.6. The summed E-state index contributed by atoms with van der Waals surface area (Å²) in [6.45, 7) is 5.22. The molecule has 0 N–H and O–H groups in total. The van der Waals surface area contributed by atoms with Gasteiger partial charge in [0.25, 0.3) is 0 Å². The fraction of sp³-hybridized carbons (Fsp3) is 0.385. The molecule has 5 heteroatoms. The number of rotatable bonds is 2. The molecule has 1 rings (SSSR count). The Kier molecular flexibility index (Phi) is 4.27. The molecule has 0 bridgehead atoms. The van der Waals surface area contributed by atoms with Crippen LogP contribution in [0.2, 0.25) is 0 Å². The zero-order chi connectivity index (χ0) is 13.8. The van der Waals surface area contributed by atoms with Gasteiger partial charge in [-0.1, -0.05) is 12.1 Å². The Labute approximate surface area is 106 Å². The molecular formula is C13H15FN2O2. The molecule has 0 fully saturated rings. The minimum absolute atomic E-state index is 0.0612. The quantitative estimate of drug-likeness (QED) is 0.598. The van der Waals surface area contributed by atoms with E-state index in [9.17, 15) is 9.18 Å². The number of amides is 1. The molecule has 0 unspecified atom stereocenters. The number of carbonyl (C=O) groups is 1. The molecule has 1 aromatic carbocycles. The number of carbonyl (C=O) groups excluding carboxylic acids is 1. The van der Waals surface area contributed by atoms with E-state index in [0.717, 1.165) is 4.90 Å². The highest BCUT2D eigenvalue weighted by atomic mass is 19.1. The van der Waals surface area contributed by atoms with Crippen LogP contribution in [0.25, 0.3) is 0 Å². The van der Waals surface area contributed by atoms with Crippen LogP contribution in [0, 0.1) is 17.3 Å². The van der Waals surface area contributed by atoms with Gasteiger partial charge in [0.2, 0.25) is 0 Å². The first-order valence-electron chi connectivity index (χ1n) is 5.46. The van der Waals surface area contributed by atoms with Gasteiger partial charge in [-0.2, -0.15) is 5.26 Å². The summed E-state index contributed by atoms with van der Waals surface area (Å²) in [6.07, 6.45) is 1.04. The van der Waals surface area contributed by atoms with E-state index in [-0.39, 0.29) is 12.4 Å². The SMILES string of the molecule is CC(C)(C)OC(=O)N(C#N)Cc1ccc(F)cc1. The van der Waals surface area contributed by atoms with Gasteiger partial charge in [0.1, 0.15) is 11.4 Å². The summed E-state index contributed by atoms with van der Waals surface area (Å²) < 4.78 is 17.8. The van der Waals surface area contributed by atoms with Crippen molar-refractivity contribution in [2.45, 2.75) is 32.9 Å². The minimum atomic E-state index is -0.714. The van der Waals surface area contributed by atoms with E-state index in [0.29, 0.717) is 5.56 Å². The lowest BCUT2D eigenvalue weighted by molar-refractivity contribution is 0.0337. The summed E-state index contributed by atoms with van der Waals surface area (Å²) in [7, 11) is 0. The molecule has 0 saturated heterocycles. The lowest BCUT2D eigenvalue weighted by Crippen LogP contribution is -2.33. The summed E-state index contributed by atoms with van der Waals surface area (Å²) in [5, 5.41) is 8.91. The van der Waals surface area contributed by atoms with Crippen molar-refractivity contribution in [3.05, 3.63) is 35.6 Å².